The van der Waals surface area contributed by atoms with Crippen LogP contribution in [0.25, 0.3) is 0 Å². The lowest BCUT2D eigenvalue weighted by molar-refractivity contribution is 0.101. The molecule has 2 N–H and O–H groups in total. The van der Waals surface area contributed by atoms with Gasteiger partial charge in [-0.2, -0.15) is 0 Å². The number of carbonyl (C=O) groups excluding carboxylic acids is 1. The van der Waals surface area contributed by atoms with Crippen LogP contribution in [0.2, 0.25) is 0 Å². The van der Waals surface area contributed by atoms with Crippen molar-refractivity contribution in [3.8, 4) is 0 Å². The molecule has 6 heteroatoms. The van der Waals surface area contributed by atoms with Crippen molar-refractivity contribution >= 4 is 35.1 Å². The van der Waals surface area contributed by atoms with Gasteiger partial charge in [0.15, 0.2) is 11.6 Å². The van der Waals surface area contributed by atoms with Crippen molar-refractivity contribution in [2.45, 2.75) is 40.0 Å². The molecule has 0 amide bonds. The Hall–Kier alpha value is -2.89. The van der Waals surface area contributed by atoms with Crippen LogP contribution in [0.4, 0.5) is 23.0 Å². The first-order valence-electron chi connectivity index (χ1n) is 9.92. The summed E-state index contributed by atoms with van der Waals surface area (Å²) in [7, 11) is 1.86. The van der Waals surface area contributed by atoms with Crippen molar-refractivity contribution in [1.82, 2.24) is 4.98 Å². The second-order valence-electron chi connectivity index (χ2n) is 6.66. The van der Waals surface area contributed by atoms with Gasteiger partial charge in [-0.1, -0.05) is 20.3 Å². The Morgan fingerprint density at radius 1 is 1.11 bits per heavy atom. The number of ketones is 1. The highest BCUT2D eigenvalue weighted by Crippen LogP contribution is 2.26. The molecule has 0 aliphatic carbocycles. The van der Waals surface area contributed by atoms with Gasteiger partial charge >= 0.3 is 0 Å². The zero-order valence-electron chi connectivity index (χ0n) is 17.3. The fourth-order valence-electron chi connectivity index (χ4n) is 2.84. The summed E-state index contributed by atoms with van der Waals surface area (Å²) >= 11 is 0. The zero-order valence-corrected chi connectivity index (χ0v) is 17.3. The number of unbranched alkanes of at least 4 members (excludes halogenated alkanes) is 1. The summed E-state index contributed by atoms with van der Waals surface area (Å²) in [5.41, 5.74) is 2.34. The molecule has 0 spiro atoms. The molecular weight excluding hydrogens is 350 g/mol. The number of carbonyl (C=O) groups is 1. The molecule has 0 atom stereocenters. The second kappa shape index (κ2) is 11.1. The summed E-state index contributed by atoms with van der Waals surface area (Å²) in [4.78, 5) is 22.9. The van der Waals surface area contributed by atoms with Crippen LogP contribution in [-0.4, -0.2) is 37.2 Å². The highest BCUT2D eigenvalue weighted by Gasteiger charge is 2.10. The Morgan fingerprint density at radius 2 is 1.86 bits per heavy atom. The molecule has 2 rings (SSSR count). The number of aromatic nitrogens is 1. The number of rotatable bonds is 11. The molecule has 0 saturated heterocycles. The fraction of sp³-hybridized carbons (Fsp3) is 0.409. The first kappa shape index (κ1) is 21.4. The maximum Gasteiger partial charge on any atom is 0.159 e. The third kappa shape index (κ3) is 6.08. The Morgan fingerprint density at radius 3 is 2.46 bits per heavy atom. The largest absolute Gasteiger partial charge is 0.371 e. The van der Waals surface area contributed by atoms with Crippen LogP contribution < -0.4 is 15.5 Å². The Kier molecular flexibility index (Phi) is 8.46. The molecule has 150 valence electrons. The standard InChI is InChI=1S/C22H31N5O/c1-5-7-15-27(14-6-2)21-13-12-20(22(23-4)26-21)25-16-24-19-10-8-18(9-11-19)17(3)28/h8-13,16H,5-7,14-15H2,1-4H3,(H,23,26)(H,24,25). The van der Waals surface area contributed by atoms with E-state index < -0.39 is 0 Å². The topological polar surface area (TPSA) is 69.6 Å². The van der Waals surface area contributed by atoms with E-state index >= 15 is 0 Å². The number of Topliss-reactive ketones (excluding diaryl/α,β-unsaturated/α-hetero) is 1. The maximum atomic E-state index is 11.3. The second-order valence-corrected chi connectivity index (χ2v) is 6.66. The third-order valence-electron chi connectivity index (χ3n) is 4.42. The van der Waals surface area contributed by atoms with E-state index in [2.05, 4.69) is 34.4 Å². The molecular formula is C22H31N5O. The molecule has 0 bridgehead atoms. The Balaban J connectivity index is 2.10. The van der Waals surface area contributed by atoms with Gasteiger partial charge in [-0.25, -0.2) is 9.98 Å². The zero-order chi connectivity index (χ0) is 20.4. The van der Waals surface area contributed by atoms with Gasteiger partial charge in [0.05, 0.1) is 6.34 Å². The lowest BCUT2D eigenvalue weighted by atomic mass is 10.1. The predicted octanol–water partition coefficient (Wildman–Crippen LogP) is 5.11. The van der Waals surface area contributed by atoms with Gasteiger partial charge < -0.3 is 15.5 Å². The molecule has 1 heterocycles. The van der Waals surface area contributed by atoms with Crippen molar-refractivity contribution in [3.63, 3.8) is 0 Å². The molecule has 1 aromatic heterocycles. The number of hydrogen-bond donors (Lipinski definition) is 2. The van der Waals surface area contributed by atoms with Gasteiger partial charge in [-0.05, 0) is 56.2 Å². The first-order chi connectivity index (χ1) is 13.6. The van der Waals surface area contributed by atoms with Crippen LogP contribution in [-0.2, 0) is 0 Å². The minimum absolute atomic E-state index is 0.0566. The summed E-state index contributed by atoms with van der Waals surface area (Å²) in [6, 6.07) is 11.3. The number of pyridine rings is 1. The highest BCUT2D eigenvalue weighted by atomic mass is 16.1. The summed E-state index contributed by atoms with van der Waals surface area (Å²) < 4.78 is 0. The predicted molar refractivity (Wildman–Crippen MR) is 119 cm³/mol. The smallest absolute Gasteiger partial charge is 0.159 e. The Bertz CT molecular complexity index is 786. The van der Waals surface area contributed by atoms with E-state index in [0.29, 0.717) is 5.56 Å². The van der Waals surface area contributed by atoms with Crippen LogP contribution >= 0.6 is 0 Å². The number of nitrogens with one attached hydrogen (secondary N) is 2. The quantitative estimate of drug-likeness (QED) is 0.321. The van der Waals surface area contributed by atoms with Crippen LogP contribution in [0.15, 0.2) is 41.4 Å². The first-order valence-corrected chi connectivity index (χ1v) is 9.92. The van der Waals surface area contributed by atoms with E-state index in [-0.39, 0.29) is 5.78 Å². The molecule has 0 aliphatic heterocycles. The van der Waals surface area contributed by atoms with Crippen LogP contribution in [0.1, 0.15) is 50.4 Å². The SMILES string of the molecule is CCCCN(CCC)c1ccc(N=CNc2ccc(C(C)=O)cc2)c(NC)n1. The van der Waals surface area contributed by atoms with Gasteiger partial charge in [0.1, 0.15) is 11.5 Å². The van der Waals surface area contributed by atoms with Gasteiger partial charge in [-0.15, -0.1) is 0 Å². The molecule has 0 radical (unpaired) electrons. The van der Waals surface area contributed by atoms with Gasteiger partial charge in [0, 0.05) is 31.4 Å². The molecule has 0 unspecified atom stereocenters. The minimum atomic E-state index is 0.0566. The fourth-order valence-corrected chi connectivity index (χ4v) is 2.84. The number of anilines is 3. The van der Waals surface area contributed by atoms with E-state index in [9.17, 15) is 4.79 Å². The summed E-state index contributed by atoms with van der Waals surface area (Å²) in [5, 5.41) is 6.27. The lowest BCUT2D eigenvalue weighted by Crippen LogP contribution is -2.26. The highest BCUT2D eigenvalue weighted by molar-refractivity contribution is 5.94. The van der Waals surface area contributed by atoms with Crippen molar-refractivity contribution in [2.24, 2.45) is 4.99 Å². The molecule has 28 heavy (non-hydrogen) atoms. The Labute approximate surface area is 168 Å². The molecule has 1 aromatic carbocycles. The van der Waals surface area contributed by atoms with Crippen molar-refractivity contribution in [1.29, 1.82) is 0 Å². The number of aliphatic imine (C=N–C) groups is 1. The summed E-state index contributed by atoms with van der Waals surface area (Å²) in [6.45, 7) is 7.96. The van der Waals surface area contributed by atoms with Crippen molar-refractivity contribution < 1.29 is 4.79 Å². The van der Waals surface area contributed by atoms with E-state index in [1.165, 1.54) is 6.42 Å². The van der Waals surface area contributed by atoms with Crippen molar-refractivity contribution in [3.05, 3.63) is 42.0 Å². The van der Waals surface area contributed by atoms with E-state index in [0.717, 1.165) is 48.9 Å². The van der Waals surface area contributed by atoms with Crippen LogP contribution in [0, 0.1) is 0 Å². The van der Waals surface area contributed by atoms with E-state index in [4.69, 9.17) is 4.98 Å². The maximum absolute atomic E-state index is 11.3. The lowest BCUT2D eigenvalue weighted by Gasteiger charge is -2.23. The number of hydrogen-bond acceptors (Lipinski definition) is 5. The van der Waals surface area contributed by atoms with Gasteiger partial charge in [-0.3, -0.25) is 4.79 Å². The molecule has 2 aromatic rings. The van der Waals surface area contributed by atoms with Crippen LogP contribution in [0.5, 0.6) is 0 Å². The molecule has 6 nitrogen and oxygen atoms in total. The third-order valence-corrected chi connectivity index (χ3v) is 4.42. The van der Waals surface area contributed by atoms with Gasteiger partial charge in [0.25, 0.3) is 0 Å². The van der Waals surface area contributed by atoms with Crippen molar-refractivity contribution in [2.75, 3.05) is 35.7 Å². The summed E-state index contributed by atoms with van der Waals surface area (Å²) in [6.07, 6.45) is 5.05. The number of nitrogens with zero attached hydrogens (tertiary/aromatic N) is 3. The molecule has 0 saturated carbocycles. The molecule has 0 aliphatic rings. The summed E-state index contributed by atoms with van der Waals surface area (Å²) in [5.74, 6) is 1.78. The monoisotopic (exact) mass is 381 g/mol. The van der Waals surface area contributed by atoms with E-state index in [1.54, 1.807) is 25.4 Å². The minimum Gasteiger partial charge on any atom is -0.371 e. The van der Waals surface area contributed by atoms with Gasteiger partial charge in [0.2, 0.25) is 0 Å². The van der Waals surface area contributed by atoms with Crippen LogP contribution in [0.3, 0.4) is 0 Å². The van der Waals surface area contributed by atoms with E-state index in [1.807, 2.05) is 31.3 Å². The normalized spacial score (nSPS) is 10.9. The number of benzene rings is 1. The average Bonchev–Trinajstić information content (AvgIpc) is 2.71. The average molecular weight is 382 g/mol. The molecule has 0 fully saturated rings.